The van der Waals surface area contributed by atoms with E-state index in [0.717, 1.165) is 38.5 Å². The second-order valence-corrected chi connectivity index (χ2v) is 10.1. The molecule has 0 radical (unpaired) electrons. The highest BCUT2D eigenvalue weighted by atomic mass is 32.1. The molecule has 3 heterocycles. The third kappa shape index (κ3) is 4.27. The second-order valence-electron chi connectivity index (χ2n) is 9.05. The summed E-state index contributed by atoms with van der Waals surface area (Å²) in [6.07, 6.45) is 11.0. The van der Waals surface area contributed by atoms with Gasteiger partial charge in [-0.15, -0.1) is 0 Å². The summed E-state index contributed by atoms with van der Waals surface area (Å²) in [5, 5.41) is 4.63. The average Bonchev–Trinajstić information content (AvgIpc) is 3.43. The van der Waals surface area contributed by atoms with Crippen LogP contribution in [0.25, 0.3) is 26.8 Å². The molecule has 2 aromatic carbocycles. The Morgan fingerprint density at radius 2 is 2.03 bits per heavy atom. The smallest absolute Gasteiger partial charge is 0.184 e. The van der Waals surface area contributed by atoms with Gasteiger partial charge in [0.2, 0.25) is 0 Å². The predicted octanol–water partition coefficient (Wildman–Crippen LogP) is 6.38. The van der Waals surface area contributed by atoms with Crippen LogP contribution in [0.4, 0.5) is 9.52 Å². The first-order valence-corrected chi connectivity index (χ1v) is 12.6. The Labute approximate surface area is 196 Å². The number of halogens is 1. The molecule has 1 saturated carbocycles. The molecule has 1 aliphatic heterocycles. The molecule has 0 bridgehead atoms. The number of hydrogen-bond donors (Lipinski definition) is 1. The normalized spacial score (nSPS) is 17.5. The number of nitrogens with zero attached hydrogens (tertiary/aromatic N) is 3. The lowest BCUT2D eigenvalue weighted by atomic mass is 9.96. The van der Waals surface area contributed by atoms with Gasteiger partial charge in [-0.25, -0.2) is 14.4 Å². The van der Waals surface area contributed by atoms with Crippen molar-refractivity contribution in [1.29, 1.82) is 0 Å². The van der Waals surface area contributed by atoms with Crippen molar-refractivity contribution in [1.82, 2.24) is 14.5 Å². The lowest BCUT2D eigenvalue weighted by molar-refractivity contribution is 0.161. The average molecular weight is 463 g/mol. The molecule has 0 atom stereocenters. The molecule has 2 aromatic heterocycles. The highest BCUT2D eigenvalue weighted by Gasteiger charge is 2.16. The van der Waals surface area contributed by atoms with Gasteiger partial charge in [0.05, 0.1) is 35.3 Å². The third-order valence-corrected chi connectivity index (χ3v) is 7.69. The summed E-state index contributed by atoms with van der Waals surface area (Å²) in [5.74, 6) is -0.231. The molecule has 2 aliphatic rings. The minimum atomic E-state index is -0.231. The minimum Gasteiger partial charge on any atom is -0.377 e. The van der Waals surface area contributed by atoms with Crippen LogP contribution >= 0.6 is 11.3 Å². The number of hydrogen-bond acceptors (Lipinski definition) is 5. The summed E-state index contributed by atoms with van der Waals surface area (Å²) in [4.78, 5) is 9.28. The quantitative estimate of drug-likeness (QED) is 0.374. The van der Waals surface area contributed by atoms with Crippen LogP contribution in [0.15, 0.2) is 42.7 Å². The molecule has 33 heavy (non-hydrogen) atoms. The molecular formula is C26H27FN4OS. The van der Waals surface area contributed by atoms with Crippen molar-refractivity contribution in [3.8, 4) is 0 Å². The van der Waals surface area contributed by atoms with Gasteiger partial charge < -0.3 is 14.6 Å². The fraction of sp³-hybridized carbons (Fsp3) is 0.385. The standard InChI is InChI=1S/C26H27FN4OS/c27-21-13-19(18-8-10-32-11-9-18)14-23-25(21)31(16-28-23)15-17-6-7-22-24(12-17)33-26(30-22)29-20-4-2-1-3-5-20/h6-8,12-14,16,20H,1-5,9-11,15H2,(H,29,30). The maximum atomic E-state index is 15.1. The van der Waals surface area contributed by atoms with Crippen molar-refractivity contribution >= 4 is 43.3 Å². The second kappa shape index (κ2) is 8.88. The summed E-state index contributed by atoms with van der Waals surface area (Å²) in [5.41, 5.74) is 5.40. The molecule has 0 saturated heterocycles. The molecule has 170 valence electrons. The number of imidazole rings is 1. The molecule has 7 heteroatoms. The fourth-order valence-corrected chi connectivity index (χ4v) is 6.01. The molecule has 0 unspecified atom stereocenters. The third-order valence-electron chi connectivity index (χ3n) is 6.74. The van der Waals surface area contributed by atoms with E-state index in [1.165, 1.54) is 32.1 Å². The molecule has 6 rings (SSSR count). The predicted molar refractivity (Wildman–Crippen MR) is 132 cm³/mol. The fourth-order valence-electron chi connectivity index (χ4n) is 5.00. The molecular weight excluding hydrogens is 435 g/mol. The Morgan fingerprint density at radius 3 is 2.88 bits per heavy atom. The first-order valence-electron chi connectivity index (χ1n) is 11.8. The van der Waals surface area contributed by atoms with Crippen LogP contribution in [0, 0.1) is 5.82 Å². The van der Waals surface area contributed by atoms with Crippen molar-refractivity contribution in [2.75, 3.05) is 18.5 Å². The topological polar surface area (TPSA) is 52.0 Å². The maximum Gasteiger partial charge on any atom is 0.184 e. The van der Waals surface area contributed by atoms with Gasteiger partial charge >= 0.3 is 0 Å². The molecule has 1 aliphatic carbocycles. The summed E-state index contributed by atoms with van der Waals surface area (Å²) in [7, 11) is 0. The molecule has 1 fully saturated rings. The summed E-state index contributed by atoms with van der Waals surface area (Å²) in [6.45, 7) is 1.84. The van der Waals surface area contributed by atoms with Crippen LogP contribution < -0.4 is 5.32 Å². The first kappa shape index (κ1) is 20.8. The zero-order valence-electron chi connectivity index (χ0n) is 18.5. The largest absolute Gasteiger partial charge is 0.377 e. The van der Waals surface area contributed by atoms with Crippen molar-refractivity contribution in [3.05, 3.63) is 59.7 Å². The van der Waals surface area contributed by atoms with E-state index in [0.29, 0.717) is 36.8 Å². The lowest BCUT2D eigenvalue weighted by Crippen LogP contribution is -2.21. The van der Waals surface area contributed by atoms with Crippen LogP contribution in [0.5, 0.6) is 0 Å². The van der Waals surface area contributed by atoms with Crippen LogP contribution in [0.3, 0.4) is 0 Å². The number of nitrogens with one attached hydrogen (secondary N) is 1. The summed E-state index contributed by atoms with van der Waals surface area (Å²) >= 11 is 1.70. The number of thiazole rings is 1. The molecule has 5 nitrogen and oxygen atoms in total. The van der Waals surface area contributed by atoms with Gasteiger partial charge in [-0.1, -0.05) is 42.7 Å². The summed E-state index contributed by atoms with van der Waals surface area (Å²) < 4.78 is 23.6. The zero-order valence-corrected chi connectivity index (χ0v) is 19.3. The highest BCUT2D eigenvalue weighted by molar-refractivity contribution is 7.22. The number of aromatic nitrogens is 3. The van der Waals surface area contributed by atoms with Gasteiger partial charge in [0.15, 0.2) is 5.13 Å². The minimum absolute atomic E-state index is 0.231. The van der Waals surface area contributed by atoms with Gasteiger partial charge in [0.1, 0.15) is 11.3 Å². The van der Waals surface area contributed by atoms with Crippen LogP contribution in [-0.2, 0) is 11.3 Å². The van der Waals surface area contributed by atoms with E-state index < -0.39 is 0 Å². The molecule has 4 aromatic rings. The van der Waals surface area contributed by atoms with Crippen molar-refractivity contribution in [2.24, 2.45) is 0 Å². The molecule has 1 N–H and O–H groups in total. The van der Waals surface area contributed by atoms with Gasteiger partial charge in [-0.3, -0.25) is 0 Å². The van der Waals surface area contributed by atoms with Gasteiger partial charge in [-0.2, -0.15) is 0 Å². The van der Waals surface area contributed by atoms with E-state index in [4.69, 9.17) is 9.72 Å². The van der Waals surface area contributed by atoms with Crippen molar-refractivity contribution in [3.63, 3.8) is 0 Å². The molecule has 0 amide bonds. The van der Waals surface area contributed by atoms with Gasteiger partial charge in [0.25, 0.3) is 0 Å². The molecule has 0 spiro atoms. The number of anilines is 1. The SMILES string of the molecule is Fc1cc(C2=CCOCC2)cc2ncn(Cc3ccc4nc(NC5CCCCC5)sc4c3)c12. The number of ether oxygens (including phenoxy) is 1. The summed E-state index contributed by atoms with van der Waals surface area (Å²) in [6, 6.07) is 10.5. The van der Waals surface area contributed by atoms with E-state index in [-0.39, 0.29) is 5.82 Å². The number of fused-ring (bicyclic) bond motifs is 2. The maximum absolute atomic E-state index is 15.1. The Hall–Kier alpha value is -2.77. The number of benzene rings is 2. The van der Waals surface area contributed by atoms with Crippen molar-refractivity contribution < 1.29 is 9.13 Å². The van der Waals surface area contributed by atoms with E-state index in [1.54, 1.807) is 23.7 Å². The van der Waals surface area contributed by atoms with Gasteiger partial charge in [-0.05, 0) is 60.2 Å². The highest BCUT2D eigenvalue weighted by Crippen LogP contribution is 2.31. The van der Waals surface area contributed by atoms with E-state index in [2.05, 4.69) is 28.5 Å². The van der Waals surface area contributed by atoms with Crippen molar-refractivity contribution in [2.45, 2.75) is 51.1 Å². The Kier molecular flexibility index (Phi) is 5.60. The van der Waals surface area contributed by atoms with E-state index >= 15 is 4.39 Å². The monoisotopic (exact) mass is 462 g/mol. The number of rotatable bonds is 5. The van der Waals surface area contributed by atoms with E-state index in [1.807, 2.05) is 16.7 Å². The lowest BCUT2D eigenvalue weighted by Gasteiger charge is -2.22. The first-order chi connectivity index (χ1) is 16.2. The zero-order chi connectivity index (χ0) is 22.2. The Morgan fingerprint density at radius 1 is 1.12 bits per heavy atom. The van der Waals surface area contributed by atoms with Crippen LogP contribution in [0.2, 0.25) is 0 Å². The van der Waals surface area contributed by atoms with E-state index in [9.17, 15) is 0 Å². The van der Waals surface area contributed by atoms with Gasteiger partial charge in [0, 0.05) is 12.6 Å². The van der Waals surface area contributed by atoms with Crippen LogP contribution in [0.1, 0.15) is 49.7 Å². The van der Waals surface area contributed by atoms with Crippen LogP contribution in [-0.4, -0.2) is 33.8 Å². The Balaban J connectivity index is 1.25. The Bertz CT molecular complexity index is 1340.